The van der Waals surface area contributed by atoms with E-state index in [1.165, 1.54) is 22.4 Å². The van der Waals surface area contributed by atoms with Gasteiger partial charge in [0.25, 0.3) is 5.56 Å². The number of imide groups is 1. The number of rotatable bonds is 9. The molecular weight excluding hydrogens is 418 g/mol. The summed E-state index contributed by atoms with van der Waals surface area (Å²) in [5.41, 5.74) is 1.88. The molecule has 7 nitrogen and oxygen atoms in total. The Morgan fingerprint density at radius 2 is 1.67 bits per heavy atom. The highest BCUT2D eigenvalue weighted by atomic mass is 16.5. The number of hydrogen-bond donors (Lipinski definition) is 1. The quantitative estimate of drug-likeness (QED) is 0.387. The van der Waals surface area contributed by atoms with Crippen LogP contribution in [-0.2, 0) is 9.59 Å². The lowest BCUT2D eigenvalue weighted by atomic mass is 10.0. The van der Waals surface area contributed by atoms with Crippen LogP contribution in [0.3, 0.4) is 0 Å². The van der Waals surface area contributed by atoms with E-state index in [-0.39, 0.29) is 23.8 Å². The molecule has 7 heteroatoms. The minimum absolute atomic E-state index is 0.0180. The molecule has 0 spiro atoms. The molecule has 3 aromatic rings. The van der Waals surface area contributed by atoms with Crippen molar-refractivity contribution >= 4 is 17.5 Å². The topological polar surface area (TPSA) is 84.4 Å². The Hall–Kier alpha value is -3.61. The summed E-state index contributed by atoms with van der Waals surface area (Å²) in [4.78, 5) is 40.0. The highest BCUT2D eigenvalue weighted by Crippen LogP contribution is 2.34. The van der Waals surface area contributed by atoms with Gasteiger partial charge in [0.05, 0.1) is 29.6 Å². The molecule has 2 heterocycles. The summed E-state index contributed by atoms with van der Waals surface area (Å²) in [5, 5.41) is 3.06. The van der Waals surface area contributed by atoms with Crippen LogP contribution < -0.4 is 15.2 Å². The van der Waals surface area contributed by atoms with Crippen LogP contribution >= 0.6 is 0 Å². The van der Waals surface area contributed by atoms with E-state index in [1.54, 1.807) is 31.2 Å². The highest BCUT2D eigenvalue weighted by Gasteiger charge is 2.42. The first-order valence-corrected chi connectivity index (χ1v) is 11.5. The molecule has 0 radical (unpaired) electrons. The molecule has 0 aliphatic carbocycles. The number of hydrogen-bond acceptors (Lipinski definition) is 4. The molecule has 1 aliphatic rings. The number of aromatic nitrogens is 2. The van der Waals surface area contributed by atoms with Gasteiger partial charge in [-0.05, 0) is 49.7 Å². The second kappa shape index (κ2) is 9.90. The zero-order valence-corrected chi connectivity index (χ0v) is 19.0. The third-order valence-corrected chi connectivity index (χ3v) is 6.03. The van der Waals surface area contributed by atoms with Crippen molar-refractivity contribution in [1.82, 2.24) is 9.78 Å². The van der Waals surface area contributed by atoms with E-state index in [0.29, 0.717) is 35.0 Å². The Labute approximate surface area is 193 Å². The van der Waals surface area contributed by atoms with Crippen LogP contribution in [0.4, 0.5) is 5.69 Å². The number of carbonyl (C=O) groups excluding carboxylic acids is 2. The van der Waals surface area contributed by atoms with E-state index >= 15 is 0 Å². The number of aromatic amines is 1. The molecule has 4 rings (SSSR count). The van der Waals surface area contributed by atoms with Crippen molar-refractivity contribution in [1.29, 1.82) is 0 Å². The average molecular weight is 448 g/mol. The molecule has 0 saturated carbocycles. The number of H-pyrrole nitrogens is 1. The molecule has 1 saturated heterocycles. The maximum Gasteiger partial charge on any atom is 0.274 e. The SMILES string of the molecule is CCCCCCOc1ccc(N2C(=O)CC(c3[nH]n(-c4ccccc4)c(=O)c3C)C2=O)cc1. The summed E-state index contributed by atoms with van der Waals surface area (Å²) >= 11 is 0. The van der Waals surface area contributed by atoms with Gasteiger partial charge in [-0.25, -0.2) is 9.58 Å². The van der Waals surface area contributed by atoms with Crippen LogP contribution in [0.15, 0.2) is 59.4 Å². The molecule has 1 fully saturated rings. The first kappa shape index (κ1) is 22.6. The number of anilines is 1. The van der Waals surface area contributed by atoms with Crippen LogP contribution in [0.2, 0.25) is 0 Å². The van der Waals surface area contributed by atoms with Gasteiger partial charge in [0.2, 0.25) is 11.8 Å². The maximum absolute atomic E-state index is 13.2. The molecule has 0 bridgehead atoms. The van der Waals surface area contributed by atoms with E-state index in [9.17, 15) is 14.4 Å². The molecule has 33 heavy (non-hydrogen) atoms. The zero-order chi connectivity index (χ0) is 23.4. The van der Waals surface area contributed by atoms with Crippen molar-refractivity contribution < 1.29 is 14.3 Å². The van der Waals surface area contributed by atoms with Crippen molar-refractivity contribution in [3.05, 3.63) is 76.2 Å². The lowest BCUT2D eigenvalue weighted by Crippen LogP contribution is -2.30. The third kappa shape index (κ3) is 4.62. The summed E-state index contributed by atoms with van der Waals surface area (Å²) in [7, 11) is 0. The maximum atomic E-state index is 13.2. The normalized spacial score (nSPS) is 15.9. The number of amides is 2. The van der Waals surface area contributed by atoms with Crippen LogP contribution in [0.25, 0.3) is 5.69 Å². The summed E-state index contributed by atoms with van der Waals surface area (Å²) in [6.45, 7) is 4.50. The molecule has 1 aromatic heterocycles. The van der Waals surface area contributed by atoms with Gasteiger partial charge in [-0.3, -0.25) is 19.5 Å². The molecule has 1 aliphatic heterocycles. The number of benzene rings is 2. The van der Waals surface area contributed by atoms with E-state index in [0.717, 1.165) is 12.8 Å². The monoisotopic (exact) mass is 447 g/mol. The van der Waals surface area contributed by atoms with Crippen LogP contribution in [0, 0.1) is 6.92 Å². The van der Waals surface area contributed by atoms with Crippen molar-refractivity contribution in [2.24, 2.45) is 0 Å². The minimum atomic E-state index is -0.718. The molecule has 1 atom stereocenters. The fraction of sp³-hybridized carbons (Fsp3) is 0.346. The molecular formula is C26H29N3O4. The number of unbranched alkanes of at least 4 members (excludes halogenated alkanes) is 3. The molecule has 2 amide bonds. The van der Waals surface area contributed by atoms with Gasteiger partial charge in [-0.1, -0.05) is 44.4 Å². The smallest absolute Gasteiger partial charge is 0.274 e. The number of nitrogens with one attached hydrogen (secondary N) is 1. The van der Waals surface area contributed by atoms with Gasteiger partial charge in [0.1, 0.15) is 5.75 Å². The summed E-state index contributed by atoms with van der Waals surface area (Å²) in [6.07, 6.45) is 4.53. The minimum Gasteiger partial charge on any atom is -0.494 e. The second-order valence-corrected chi connectivity index (χ2v) is 8.35. The fourth-order valence-electron chi connectivity index (χ4n) is 4.18. The summed E-state index contributed by atoms with van der Waals surface area (Å²) in [6, 6.07) is 16.2. The molecule has 172 valence electrons. The largest absolute Gasteiger partial charge is 0.494 e. The van der Waals surface area contributed by atoms with Gasteiger partial charge in [0, 0.05) is 12.0 Å². The van der Waals surface area contributed by atoms with Crippen molar-refractivity contribution in [3.63, 3.8) is 0 Å². The van der Waals surface area contributed by atoms with Crippen molar-refractivity contribution in [2.75, 3.05) is 11.5 Å². The van der Waals surface area contributed by atoms with Crippen LogP contribution in [0.5, 0.6) is 5.75 Å². The zero-order valence-electron chi connectivity index (χ0n) is 19.0. The van der Waals surface area contributed by atoms with Gasteiger partial charge < -0.3 is 4.74 Å². The van der Waals surface area contributed by atoms with Crippen molar-refractivity contribution in [3.8, 4) is 11.4 Å². The van der Waals surface area contributed by atoms with E-state index in [1.807, 2.05) is 30.3 Å². The fourth-order valence-corrected chi connectivity index (χ4v) is 4.18. The number of carbonyl (C=O) groups is 2. The van der Waals surface area contributed by atoms with Crippen LogP contribution in [0.1, 0.15) is 56.2 Å². The Bertz CT molecular complexity index is 1180. The Kier molecular flexibility index (Phi) is 6.77. The summed E-state index contributed by atoms with van der Waals surface area (Å²) < 4.78 is 7.17. The number of nitrogens with zero attached hydrogens (tertiary/aromatic N) is 2. The Balaban J connectivity index is 1.50. The predicted molar refractivity (Wildman–Crippen MR) is 127 cm³/mol. The first-order chi connectivity index (χ1) is 16.0. The second-order valence-electron chi connectivity index (χ2n) is 8.35. The first-order valence-electron chi connectivity index (χ1n) is 11.5. The van der Waals surface area contributed by atoms with Gasteiger partial charge in [0.15, 0.2) is 0 Å². The van der Waals surface area contributed by atoms with Gasteiger partial charge in [-0.2, -0.15) is 0 Å². The highest BCUT2D eigenvalue weighted by molar-refractivity contribution is 6.22. The number of ether oxygens (including phenoxy) is 1. The van der Waals surface area contributed by atoms with E-state index in [4.69, 9.17) is 4.74 Å². The Morgan fingerprint density at radius 3 is 2.36 bits per heavy atom. The predicted octanol–water partition coefficient (Wildman–Crippen LogP) is 4.48. The average Bonchev–Trinajstić information content (AvgIpc) is 3.29. The molecule has 2 aromatic carbocycles. The molecule has 1 unspecified atom stereocenters. The number of para-hydroxylation sites is 1. The van der Waals surface area contributed by atoms with Crippen LogP contribution in [-0.4, -0.2) is 28.2 Å². The van der Waals surface area contributed by atoms with Gasteiger partial charge >= 0.3 is 0 Å². The van der Waals surface area contributed by atoms with Crippen molar-refractivity contribution in [2.45, 2.75) is 51.9 Å². The van der Waals surface area contributed by atoms with E-state index in [2.05, 4.69) is 12.0 Å². The standard InChI is InChI=1S/C26H29N3O4/c1-3-4-5-9-16-33-21-14-12-19(13-15-21)28-23(30)17-22(26(28)32)24-18(2)25(31)29(27-24)20-10-7-6-8-11-20/h6-8,10-15,22,27H,3-5,9,16-17H2,1-2H3. The lowest BCUT2D eigenvalue weighted by molar-refractivity contribution is -0.121. The van der Waals surface area contributed by atoms with E-state index < -0.39 is 5.92 Å². The third-order valence-electron chi connectivity index (χ3n) is 6.03. The lowest BCUT2D eigenvalue weighted by Gasteiger charge is -2.16. The summed E-state index contributed by atoms with van der Waals surface area (Å²) in [5.74, 6) is -0.626. The van der Waals surface area contributed by atoms with Gasteiger partial charge in [-0.15, -0.1) is 0 Å². The Morgan fingerprint density at radius 1 is 0.939 bits per heavy atom. The molecule has 1 N–H and O–H groups in total.